The van der Waals surface area contributed by atoms with Gasteiger partial charge in [-0.1, -0.05) is 6.07 Å². The van der Waals surface area contributed by atoms with Crippen molar-refractivity contribution in [1.29, 1.82) is 0 Å². The lowest BCUT2D eigenvalue weighted by Gasteiger charge is -2.36. The average molecular weight is 473 g/mol. The van der Waals surface area contributed by atoms with Gasteiger partial charge in [0.2, 0.25) is 10.0 Å². The predicted octanol–water partition coefficient (Wildman–Crippen LogP) is -0.717. The van der Waals surface area contributed by atoms with Gasteiger partial charge in [-0.2, -0.15) is 4.31 Å². The van der Waals surface area contributed by atoms with Gasteiger partial charge in [0.15, 0.2) is 9.84 Å². The molecule has 2 fully saturated rings. The monoisotopic (exact) mass is 472 g/mol. The van der Waals surface area contributed by atoms with Gasteiger partial charge in [0, 0.05) is 32.2 Å². The Balaban J connectivity index is 1.42. The molecule has 0 aliphatic carbocycles. The maximum absolute atomic E-state index is 12.7. The Kier molecular flexibility index (Phi) is 5.36. The number of sulfonamides is 1. The quantitative estimate of drug-likeness (QED) is 0.307. The van der Waals surface area contributed by atoms with Crippen LogP contribution in [0, 0.1) is 10.1 Å². The van der Waals surface area contributed by atoms with E-state index in [2.05, 4.69) is 0 Å². The molecular formula is C17H20N4O8S2. The summed E-state index contributed by atoms with van der Waals surface area (Å²) in [6.07, 6.45) is 0.0820. The van der Waals surface area contributed by atoms with Crippen LogP contribution >= 0.6 is 0 Å². The summed E-state index contributed by atoms with van der Waals surface area (Å²) >= 11 is 0. The summed E-state index contributed by atoms with van der Waals surface area (Å²) < 4.78 is 50.0. The number of fused-ring (bicyclic) bond motifs is 1. The Morgan fingerprint density at radius 2 is 1.77 bits per heavy atom. The van der Waals surface area contributed by atoms with E-state index in [9.17, 15) is 36.5 Å². The minimum absolute atomic E-state index is 0.0251. The highest BCUT2D eigenvalue weighted by Crippen LogP contribution is 2.31. The molecule has 31 heavy (non-hydrogen) atoms. The van der Waals surface area contributed by atoms with Gasteiger partial charge in [0.25, 0.3) is 17.5 Å². The second-order valence-corrected chi connectivity index (χ2v) is 12.2. The van der Waals surface area contributed by atoms with Crippen LogP contribution in [0.1, 0.15) is 27.1 Å². The Morgan fingerprint density at radius 1 is 1.10 bits per heavy atom. The summed E-state index contributed by atoms with van der Waals surface area (Å²) in [4.78, 5) is 38.4. The van der Waals surface area contributed by atoms with Crippen molar-refractivity contribution in [1.82, 2.24) is 14.1 Å². The largest absolute Gasteiger partial charge is 0.283 e. The molecule has 4 rings (SSSR count). The summed E-state index contributed by atoms with van der Waals surface area (Å²) in [6, 6.07) is 3.88. The third-order valence-corrected chi connectivity index (χ3v) is 10.1. The highest BCUT2D eigenvalue weighted by molar-refractivity contribution is 7.95. The molecule has 12 nitrogen and oxygen atoms in total. The average Bonchev–Trinajstić information content (AvgIpc) is 3.21. The number of nitro benzene ring substituents is 1. The normalized spacial score (nSPS) is 24.5. The molecule has 0 N–H and O–H groups in total. The molecule has 14 heteroatoms. The molecule has 0 bridgehead atoms. The van der Waals surface area contributed by atoms with Gasteiger partial charge in [-0.15, -0.1) is 0 Å². The van der Waals surface area contributed by atoms with Crippen LogP contribution in [-0.2, 0) is 19.9 Å². The molecule has 0 saturated carbocycles. The lowest BCUT2D eigenvalue weighted by molar-refractivity contribution is -0.385. The number of amides is 2. The lowest BCUT2D eigenvalue weighted by Crippen LogP contribution is -2.54. The summed E-state index contributed by atoms with van der Waals surface area (Å²) in [5, 5.41) is 10.3. The second kappa shape index (κ2) is 7.62. The number of carbonyl (C=O) groups is 2. The molecule has 1 aromatic carbocycles. The number of benzene rings is 1. The molecule has 0 unspecified atom stereocenters. The van der Waals surface area contributed by atoms with Crippen LogP contribution in [0.4, 0.5) is 5.69 Å². The predicted molar refractivity (Wildman–Crippen MR) is 108 cm³/mol. The van der Waals surface area contributed by atoms with Crippen molar-refractivity contribution >= 4 is 37.4 Å². The smallest absolute Gasteiger partial charge is 0.282 e. The van der Waals surface area contributed by atoms with Crippen molar-refractivity contribution < 1.29 is 31.3 Å². The Labute approximate surface area is 178 Å². The van der Waals surface area contributed by atoms with Gasteiger partial charge in [-0.25, -0.2) is 16.8 Å². The van der Waals surface area contributed by atoms with Gasteiger partial charge >= 0.3 is 0 Å². The van der Waals surface area contributed by atoms with Crippen molar-refractivity contribution in [3.63, 3.8) is 0 Å². The zero-order chi connectivity index (χ0) is 22.6. The van der Waals surface area contributed by atoms with E-state index in [1.54, 1.807) is 4.90 Å². The van der Waals surface area contributed by atoms with E-state index in [1.807, 2.05) is 0 Å². The molecule has 0 spiro atoms. The standard InChI is InChI=1S/C17H20N4O8S2/c22-16-13-2-1-3-14(21(24)25)15(13)17(23)20(16)11-18-5-7-19(8-6-18)31(28,29)12-4-9-30(26,27)10-12/h1-3,12H,4-11H2/t12-/m1/s1. The molecule has 2 amide bonds. The summed E-state index contributed by atoms with van der Waals surface area (Å²) in [6.45, 7) is 0.544. The SMILES string of the molecule is O=C1c2cccc([N+](=O)[O-])c2C(=O)N1CN1CCN(S(=O)(=O)[C@@H]2CCS(=O)(=O)C2)CC1. The number of hydrogen-bond acceptors (Lipinski definition) is 9. The highest BCUT2D eigenvalue weighted by Gasteiger charge is 2.43. The molecule has 3 heterocycles. The van der Waals surface area contributed by atoms with Crippen LogP contribution in [0.25, 0.3) is 0 Å². The summed E-state index contributed by atoms with van der Waals surface area (Å²) in [5.74, 6) is -1.89. The first kappa shape index (κ1) is 21.8. The molecule has 168 valence electrons. The van der Waals surface area contributed by atoms with Crippen molar-refractivity contribution in [3.8, 4) is 0 Å². The van der Waals surface area contributed by atoms with E-state index in [-0.39, 0.29) is 61.9 Å². The first-order chi connectivity index (χ1) is 14.5. The van der Waals surface area contributed by atoms with E-state index in [0.29, 0.717) is 0 Å². The van der Waals surface area contributed by atoms with Gasteiger partial charge in [0.05, 0.1) is 33.9 Å². The molecule has 3 aliphatic heterocycles. The fourth-order valence-electron chi connectivity index (χ4n) is 4.13. The third-order valence-electron chi connectivity index (χ3n) is 5.82. The number of nitrogens with zero attached hydrogens (tertiary/aromatic N) is 4. The number of piperazine rings is 1. The molecular weight excluding hydrogens is 452 g/mol. The summed E-state index contributed by atoms with van der Waals surface area (Å²) in [5.41, 5.74) is -0.690. The first-order valence-corrected chi connectivity index (χ1v) is 12.9. The minimum atomic E-state index is -3.76. The Morgan fingerprint density at radius 3 is 2.35 bits per heavy atom. The maximum atomic E-state index is 12.7. The van der Waals surface area contributed by atoms with Crippen LogP contribution < -0.4 is 0 Å². The summed E-state index contributed by atoms with van der Waals surface area (Å²) in [7, 11) is -7.10. The lowest BCUT2D eigenvalue weighted by atomic mass is 10.1. The fourth-order valence-corrected chi connectivity index (χ4v) is 8.64. The van der Waals surface area contributed by atoms with Crippen LogP contribution in [0.3, 0.4) is 0 Å². The highest BCUT2D eigenvalue weighted by atomic mass is 32.2. The molecule has 0 radical (unpaired) electrons. The van der Waals surface area contributed by atoms with E-state index in [4.69, 9.17) is 0 Å². The van der Waals surface area contributed by atoms with Crippen molar-refractivity contribution in [2.75, 3.05) is 44.4 Å². The van der Waals surface area contributed by atoms with Gasteiger partial charge in [0.1, 0.15) is 5.56 Å². The number of carbonyl (C=O) groups excluding carboxylic acids is 2. The Hall–Kier alpha value is -2.42. The topological polar surface area (TPSA) is 155 Å². The van der Waals surface area contributed by atoms with Crippen molar-refractivity contribution in [2.24, 2.45) is 0 Å². The fraction of sp³-hybridized carbons (Fsp3) is 0.529. The Bertz CT molecular complexity index is 1170. The number of rotatable bonds is 5. The van der Waals surface area contributed by atoms with Gasteiger partial charge in [-0.05, 0) is 12.5 Å². The minimum Gasteiger partial charge on any atom is -0.283 e. The van der Waals surface area contributed by atoms with Gasteiger partial charge in [-0.3, -0.25) is 29.5 Å². The molecule has 3 aliphatic rings. The van der Waals surface area contributed by atoms with Crippen molar-refractivity contribution in [2.45, 2.75) is 11.7 Å². The first-order valence-electron chi connectivity index (χ1n) is 9.56. The van der Waals surface area contributed by atoms with Crippen LogP contribution in [-0.4, -0.2) is 97.3 Å². The van der Waals surface area contributed by atoms with E-state index < -0.39 is 47.5 Å². The molecule has 2 saturated heterocycles. The van der Waals surface area contributed by atoms with Crippen LogP contribution in [0.15, 0.2) is 18.2 Å². The van der Waals surface area contributed by atoms with E-state index in [1.165, 1.54) is 22.5 Å². The van der Waals surface area contributed by atoms with E-state index in [0.717, 1.165) is 4.90 Å². The van der Waals surface area contributed by atoms with Crippen LogP contribution in [0.5, 0.6) is 0 Å². The van der Waals surface area contributed by atoms with E-state index >= 15 is 0 Å². The van der Waals surface area contributed by atoms with Crippen molar-refractivity contribution in [3.05, 3.63) is 39.4 Å². The molecule has 0 aromatic heterocycles. The maximum Gasteiger partial charge on any atom is 0.282 e. The van der Waals surface area contributed by atoms with Crippen LogP contribution in [0.2, 0.25) is 0 Å². The zero-order valence-electron chi connectivity index (χ0n) is 16.3. The molecule has 1 atom stereocenters. The zero-order valence-corrected chi connectivity index (χ0v) is 18.0. The number of hydrogen-bond donors (Lipinski definition) is 0. The molecule has 1 aromatic rings. The number of nitro groups is 1. The second-order valence-electron chi connectivity index (χ2n) is 7.72. The third kappa shape index (κ3) is 3.84. The number of sulfone groups is 1. The van der Waals surface area contributed by atoms with Gasteiger partial charge < -0.3 is 0 Å². The number of imide groups is 1.